The molecule has 2 N–H and O–H groups in total. The molecule has 0 bridgehead atoms. The zero-order chi connectivity index (χ0) is 18.7. The van der Waals surface area contributed by atoms with Crippen molar-refractivity contribution in [1.82, 2.24) is 9.55 Å². The first-order valence-electron chi connectivity index (χ1n) is 8.27. The van der Waals surface area contributed by atoms with E-state index in [1.807, 2.05) is 26.0 Å². The second-order valence-corrected chi connectivity index (χ2v) is 6.79. The molecule has 0 atom stereocenters. The number of benzene rings is 2. The molecular weight excluding hydrogens is 352 g/mol. The molecule has 0 fully saturated rings. The summed E-state index contributed by atoms with van der Waals surface area (Å²) in [6.45, 7) is 4.45. The van der Waals surface area contributed by atoms with Crippen LogP contribution >= 0.6 is 11.6 Å². The molecule has 3 aromatic rings. The normalized spacial score (nSPS) is 10.9. The predicted molar refractivity (Wildman–Crippen MR) is 105 cm³/mol. The number of urea groups is 1. The topological polar surface area (TPSA) is 76.0 Å². The number of amides is 2. The van der Waals surface area contributed by atoms with Crippen molar-refractivity contribution in [1.29, 1.82) is 0 Å². The lowest BCUT2D eigenvalue weighted by atomic mass is 10.2. The van der Waals surface area contributed by atoms with E-state index in [1.165, 1.54) is 4.57 Å². The Morgan fingerprint density at radius 3 is 2.50 bits per heavy atom. The number of nitrogens with zero attached hydrogens (tertiary/aromatic N) is 2. The van der Waals surface area contributed by atoms with E-state index in [-0.39, 0.29) is 11.6 Å². The zero-order valence-electron chi connectivity index (χ0n) is 14.5. The van der Waals surface area contributed by atoms with Crippen LogP contribution in [-0.2, 0) is 6.54 Å². The maximum atomic E-state index is 12.5. The van der Waals surface area contributed by atoms with Crippen LogP contribution in [-0.4, -0.2) is 15.6 Å². The Morgan fingerprint density at radius 1 is 1.12 bits per heavy atom. The first kappa shape index (κ1) is 17.9. The van der Waals surface area contributed by atoms with Crippen molar-refractivity contribution in [3.63, 3.8) is 0 Å². The molecule has 1 heterocycles. The van der Waals surface area contributed by atoms with Gasteiger partial charge in [0.05, 0.1) is 5.52 Å². The Bertz CT molecular complexity index is 997. The molecule has 7 heteroatoms. The molecule has 2 aromatic carbocycles. The van der Waals surface area contributed by atoms with Crippen LogP contribution in [0.1, 0.15) is 13.8 Å². The average molecular weight is 371 g/mol. The first-order chi connectivity index (χ1) is 12.4. The van der Waals surface area contributed by atoms with Crippen molar-refractivity contribution in [3.8, 4) is 0 Å². The van der Waals surface area contributed by atoms with Gasteiger partial charge in [0.1, 0.15) is 5.82 Å². The molecule has 26 heavy (non-hydrogen) atoms. The first-order valence-corrected chi connectivity index (χ1v) is 8.65. The minimum atomic E-state index is -0.444. The van der Waals surface area contributed by atoms with Gasteiger partial charge in [-0.2, -0.15) is 4.98 Å². The maximum absolute atomic E-state index is 12.5. The summed E-state index contributed by atoms with van der Waals surface area (Å²) < 4.78 is 1.49. The molecule has 0 aliphatic heterocycles. The standard InChI is InChI=1S/C19H19ClN4O2/c1-12(2)11-24-17(15-5-3-4-6-16(15)22-19(24)26)23-18(25)21-14-9-7-13(20)8-10-14/h3-10,12H,11H2,1-2H3,(H2,21,23,25). The summed E-state index contributed by atoms with van der Waals surface area (Å²) in [5.74, 6) is 0.649. The van der Waals surface area contributed by atoms with E-state index in [4.69, 9.17) is 11.6 Å². The third-order valence-corrected chi connectivity index (χ3v) is 4.01. The van der Waals surface area contributed by atoms with Gasteiger partial charge < -0.3 is 5.32 Å². The minimum absolute atomic E-state index is 0.218. The van der Waals surface area contributed by atoms with Gasteiger partial charge in [0.15, 0.2) is 0 Å². The average Bonchev–Trinajstić information content (AvgIpc) is 2.59. The summed E-state index contributed by atoms with van der Waals surface area (Å²) in [5, 5.41) is 6.83. The third-order valence-electron chi connectivity index (χ3n) is 3.76. The number of nitrogens with one attached hydrogen (secondary N) is 2. The Morgan fingerprint density at radius 2 is 1.81 bits per heavy atom. The molecule has 1 aromatic heterocycles. The number of aromatic nitrogens is 2. The van der Waals surface area contributed by atoms with Crippen LogP contribution in [0.15, 0.2) is 53.3 Å². The Hall–Kier alpha value is -2.86. The van der Waals surface area contributed by atoms with Crippen molar-refractivity contribution in [2.75, 3.05) is 10.6 Å². The van der Waals surface area contributed by atoms with Crippen LogP contribution < -0.4 is 16.3 Å². The van der Waals surface area contributed by atoms with E-state index in [1.54, 1.807) is 36.4 Å². The Kier molecular flexibility index (Phi) is 5.23. The second-order valence-electron chi connectivity index (χ2n) is 6.35. The third kappa shape index (κ3) is 4.03. The monoisotopic (exact) mass is 370 g/mol. The smallest absolute Gasteiger partial charge is 0.308 e. The fourth-order valence-electron chi connectivity index (χ4n) is 2.65. The summed E-state index contributed by atoms with van der Waals surface area (Å²) in [4.78, 5) is 29.0. The van der Waals surface area contributed by atoms with Crippen LogP contribution in [0.25, 0.3) is 10.9 Å². The van der Waals surface area contributed by atoms with E-state index >= 15 is 0 Å². The van der Waals surface area contributed by atoms with Crippen LogP contribution in [0.2, 0.25) is 5.02 Å². The number of carbonyl (C=O) groups is 1. The lowest BCUT2D eigenvalue weighted by molar-refractivity contribution is 0.262. The zero-order valence-corrected chi connectivity index (χ0v) is 15.2. The van der Waals surface area contributed by atoms with Gasteiger partial charge in [-0.05, 0) is 42.3 Å². The van der Waals surface area contributed by atoms with E-state index < -0.39 is 6.03 Å². The highest BCUT2D eigenvalue weighted by Gasteiger charge is 2.15. The van der Waals surface area contributed by atoms with Gasteiger partial charge in [0.2, 0.25) is 0 Å². The molecule has 6 nitrogen and oxygen atoms in total. The van der Waals surface area contributed by atoms with E-state index in [0.717, 1.165) is 0 Å². The number of fused-ring (bicyclic) bond motifs is 1. The Labute approximate surface area is 155 Å². The second kappa shape index (κ2) is 7.58. The fraction of sp³-hybridized carbons (Fsp3) is 0.211. The maximum Gasteiger partial charge on any atom is 0.349 e. The molecule has 134 valence electrons. The van der Waals surface area contributed by atoms with Gasteiger partial charge in [-0.3, -0.25) is 9.88 Å². The highest BCUT2D eigenvalue weighted by Crippen LogP contribution is 2.21. The molecule has 0 spiro atoms. The van der Waals surface area contributed by atoms with Gasteiger partial charge in [0.25, 0.3) is 0 Å². The van der Waals surface area contributed by atoms with Gasteiger partial charge in [-0.15, -0.1) is 0 Å². The number of carbonyl (C=O) groups excluding carboxylic acids is 1. The van der Waals surface area contributed by atoms with Crippen LogP contribution in [0.4, 0.5) is 16.3 Å². The van der Waals surface area contributed by atoms with Gasteiger partial charge in [-0.25, -0.2) is 9.59 Å². The molecule has 0 saturated carbocycles. The van der Waals surface area contributed by atoms with Gasteiger partial charge >= 0.3 is 11.7 Å². The molecule has 0 aliphatic carbocycles. The van der Waals surface area contributed by atoms with Crippen molar-refractivity contribution in [2.45, 2.75) is 20.4 Å². The van der Waals surface area contributed by atoms with Gasteiger partial charge in [-0.1, -0.05) is 37.6 Å². The highest BCUT2D eigenvalue weighted by molar-refractivity contribution is 6.30. The fourth-order valence-corrected chi connectivity index (χ4v) is 2.77. The Balaban J connectivity index is 1.97. The minimum Gasteiger partial charge on any atom is -0.308 e. The number of para-hydroxylation sites is 1. The van der Waals surface area contributed by atoms with Crippen LogP contribution in [0.3, 0.4) is 0 Å². The number of hydrogen-bond acceptors (Lipinski definition) is 3. The van der Waals surface area contributed by atoms with E-state index in [2.05, 4.69) is 15.6 Å². The lowest BCUT2D eigenvalue weighted by Crippen LogP contribution is -2.31. The summed E-state index contributed by atoms with van der Waals surface area (Å²) in [6.07, 6.45) is 0. The number of hydrogen-bond donors (Lipinski definition) is 2. The predicted octanol–water partition coefficient (Wildman–Crippen LogP) is 4.35. The number of halogens is 1. The van der Waals surface area contributed by atoms with Crippen LogP contribution in [0.5, 0.6) is 0 Å². The van der Waals surface area contributed by atoms with Crippen LogP contribution in [0, 0.1) is 5.92 Å². The SMILES string of the molecule is CC(C)Cn1c(NC(=O)Nc2ccc(Cl)cc2)c2ccccc2nc1=O. The molecule has 0 radical (unpaired) electrons. The molecular formula is C19H19ClN4O2. The van der Waals surface area contributed by atoms with Crippen molar-refractivity contribution >= 4 is 40.0 Å². The van der Waals surface area contributed by atoms with Gasteiger partial charge in [0, 0.05) is 22.6 Å². The quantitative estimate of drug-likeness (QED) is 0.716. The van der Waals surface area contributed by atoms with Crippen molar-refractivity contribution < 1.29 is 4.79 Å². The molecule has 3 rings (SSSR count). The molecule has 0 saturated heterocycles. The largest absolute Gasteiger partial charge is 0.349 e. The summed E-state index contributed by atoms with van der Waals surface area (Å²) in [6, 6.07) is 13.6. The van der Waals surface area contributed by atoms with E-state index in [0.29, 0.717) is 34.0 Å². The van der Waals surface area contributed by atoms with E-state index in [9.17, 15) is 9.59 Å². The lowest BCUT2D eigenvalue weighted by Gasteiger charge is -2.17. The van der Waals surface area contributed by atoms with Crippen molar-refractivity contribution in [2.24, 2.45) is 5.92 Å². The summed E-state index contributed by atoms with van der Waals surface area (Å²) in [5.41, 5.74) is 0.751. The number of anilines is 2. The summed E-state index contributed by atoms with van der Waals surface area (Å²) >= 11 is 5.86. The summed E-state index contributed by atoms with van der Waals surface area (Å²) in [7, 11) is 0. The van der Waals surface area contributed by atoms with Crippen molar-refractivity contribution in [3.05, 3.63) is 64.0 Å². The molecule has 0 unspecified atom stereocenters. The molecule has 0 aliphatic rings. The molecule has 2 amide bonds. The highest BCUT2D eigenvalue weighted by atomic mass is 35.5. The number of rotatable bonds is 4.